The fraction of sp³-hybridized carbons (Fsp3) is 0.455. The number of nitrogens with one attached hydrogen (secondary N) is 2. The number of aromatic nitrogens is 2. The van der Waals surface area contributed by atoms with Gasteiger partial charge in [0.2, 0.25) is 0 Å². The van der Waals surface area contributed by atoms with Crippen molar-refractivity contribution in [3.63, 3.8) is 0 Å². The van der Waals surface area contributed by atoms with Crippen molar-refractivity contribution in [2.75, 3.05) is 19.4 Å². The Morgan fingerprint density at radius 3 is 3.18 bits per heavy atom. The first-order valence-electron chi connectivity index (χ1n) is 5.22. The van der Waals surface area contributed by atoms with Crippen LogP contribution >= 0.6 is 11.8 Å². The van der Waals surface area contributed by atoms with E-state index >= 15 is 0 Å². The van der Waals surface area contributed by atoms with E-state index in [0.717, 1.165) is 29.4 Å². The number of nitriles is 1. The SMILES string of the molecule is COC(=CC#N)NCCSCc1[nH]cnc1C. The van der Waals surface area contributed by atoms with Gasteiger partial charge in [0.05, 0.1) is 31.3 Å². The third-order valence-corrected chi connectivity index (χ3v) is 3.13. The van der Waals surface area contributed by atoms with Gasteiger partial charge in [0.15, 0.2) is 5.88 Å². The van der Waals surface area contributed by atoms with Crippen molar-refractivity contribution < 1.29 is 4.74 Å². The Morgan fingerprint density at radius 1 is 1.76 bits per heavy atom. The topological polar surface area (TPSA) is 73.7 Å². The monoisotopic (exact) mass is 252 g/mol. The van der Waals surface area contributed by atoms with Crippen LogP contribution in [0.1, 0.15) is 11.4 Å². The Balaban J connectivity index is 2.15. The lowest BCUT2D eigenvalue weighted by Crippen LogP contribution is -2.17. The highest BCUT2D eigenvalue weighted by atomic mass is 32.2. The van der Waals surface area contributed by atoms with Gasteiger partial charge in [-0.25, -0.2) is 4.98 Å². The molecule has 0 unspecified atom stereocenters. The molecule has 17 heavy (non-hydrogen) atoms. The quantitative estimate of drug-likeness (QED) is 0.437. The molecule has 1 aromatic rings. The number of hydrogen-bond acceptors (Lipinski definition) is 5. The molecule has 0 saturated carbocycles. The van der Waals surface area contributed by atoms with Crippen LogP contribution < -0.4 is 5.32 Å². The highest BCUT2D eigenvalue weighted by Gasteiger charge is 2.00. The first-order valence-corrected chi connectivity index (χ1v) is 6.37. The molecular weight excluding hydrogens is 236 g/mol. The molecule has 0 aliphatic rings. The number of aromatic amines is 1. The molecule has 0 spiro atoms. The van der Waals surface area contributed by atoms with Gasteiger partial charge in [-0.2, -0.15) is 17.0 Å². The van der Waals surface area contributed by atoms with E-state index < -0.39 is 0 Å². The van der Waals surface area contributed by atoms with E-state index in [0.29, 0.717) is 5.88 Å². The van der Waals surface area contributed by atoms with Crippen molar-refractivity contribution in [2.45, 2.75) is 12.7 Å². The molecule has 0 bridgehead atoms. The molecule has 0 aliphatic carbocycles. The predicted molar refractivity (Wildman–Crippen MR) is 68.2 cm³/mol. The highest BCUT2D eigenvalue weighted by molar-refractivity contribution is 7.98. The lowest BCUT2D eigenvalue weighted by Gasteiger charge is -2.07. The van der Waals surface area contributed by atoms with E-state index in [4.69, 9.17) is 10.00 Å². The standard InChI is InChI=1S/C11H16N4OS/c1-9-10(15-8-14-9)7-17-6-5-13-11(16-2)3-4-12/h3,8,13H,5-7H2,1-2H3,(H,14,15). The number of imidazole rings is 1. The molecule has 6 heteroatoms. The van der Waals surface area contributed by atoms with Gasteiger partial charge in [-0.1, -0.05) is 0 Å². The van der Waals surface area contributed by atoms with Crippen molar-refractivity contribution in [1.29, 1.82) is 5.26 Å². The molecule has 0 fully saturated rings. The largest absolute Gasteiger partial charge is 0.482 e. The molecule has 92 valence electrons. The molecule has 0 atom stereocenters. The third-order valence-electron chi connectivity index (χ3n) is 2.14. The summed E-state index contributed by atoms with van der Waals surface area (Å²) in [4.78, 5) is 7.24. The summed E-state index contributed by atoms with van der Waals surface area (Å²) >= 11 is 1.80. The highest BCUT2D eigenvalue weighted by Crippen LogP contribution is 2.11. The number of methoxy groups -OCH3 is 1. The average molecular weight is 252 g/mol. The first kappa shape index (κ1) is 13.5. The maximum Gasteiger partial charge on any atom is 0.197 e. The molecule has 0 aromatic carbocycles. The Kier molecular flexibility index (Phi) is 6.04. The zero-order chi connectivity index (χ0) is 12.5. The van der Waals surface area contributed by atoms with E-state index in [1.807, 2.05) is 13.0 Å². The maximum atomic E-state index is 8.46. The second-order valence-corrected chi connectivity index (χ2v) is 4.39. The normalized spacial score (nSPS) is 11.0. The second-order valence-electron chi connectivity index (χ2n) is 3.29. The zero-order valence-corrected chi connectivity index (χ0v) is 10.8. The van der Waals surface area contributed by atoms with Crippen molar-refractivity contribution in [3.05, 3.63) is 29.7 Å². The zero-order valence-electron chi connectivity index (χ0n) is 9.99. The van der Waals surface area contributed by atoms with Crippen LogP contribution in [0.25, 0.3) is 0 Å². The van der Waals surface area contributed by atoms with Crippen LogP contribution in [0.15, 0.2) is 18.3 Å². The lowest BCUT2D eigenvalue weighted by molar-refractivity contribution is 0.264. The third kappa shape index (κ3) is 4.83. The van der Waals surface area contributed by atoms with Crippen LogP contribution in [0.2, 0.25) is 0 Å². The van der Waals surface area contributed by atoms with Crippen LogP contribution in [0.4, 0.5) is 0 Å². The molecule has 5 nitrogen and oxygen atoms in total. The molecular formula is C11H16N4OS. The van der Waals surface area contributed by atoms with Crippen LogP contribution in [-0.2, 0) is 10.5 Å². The number of ether oxygens (including phenoxy) is 1. The molecule has 1 aromatic heterocycles. The number of rotatable bonds is 7. The van der Waals surface area contributed by atoms with Crippen molar-refractivity contribution in [2.24, 2.45) is 0 Å². The van der Waals surface area contributed by atoms with Gasteiger partial charge in [0, 0.05) is 23.7 Å². The number of allylic oxidation sites excluding steroid dienone is 1. The molecule has 1 heterocycles. The van der Waals surface area contributed by atoms with Gasteiger partial charge in [-0.3, -0.25) is 0 Å². The summed E-state index contributed by atoms with van der Waals surface area (Å²) in [5.41, 5.74) is 2.21. The summed E-state index contributed by atoms with van der Waals surface area (Å²) in [6.07, 6.45) is 3.06. The van der Waals surface area contributed by atoms with E-state index in [2.05, 4.69) is 15.3 Å². The maximum absolute atomic E-state index is 8.46. The Bertz CT molecular complexity index is 408. The second kappa shape index (κ2) is 7.63. The lowest BCUT2D eigenvalue weighted by atomic mass is 10.4. The summed E-state index contributed by atoms with van der Waals surface area (Å²) in [5.74, 6) is 2.35. The van der Waals surface area contributed by atoms with Crippen molar-refractivity contribution in [3.8, 4) is 6.07 Å². The van der Waals surface area contributed by atoms with E-state index in [-0.39, 0.29) is 0 Å². The van der Waals surface area contributed by atoms with Gasteiger partial charge in [-0.05, 0) is 6.92 Å². The van der Waals surface area contributed by atoms with Crippen LogP contribution in [0.5, 0.6) is 0 Å². The summed E-state index contributed by atoms with van der Waals surface area (Å²) < 4.78 is 4.96. The van der Waals surface area contributed by atoms with E-state index in [9.17, 15) is 0 Å². The van der Waals surface area contributed by atoms with Gasteiger partial charge in [-0.15, -0.1) is 0 Å². The minimum Gasteiger partial charge on any atom is -0.482 e. The average Bonchev–Trinajstić information content (AvgIpc) is 2.73. The Labute approximate surface area is 105 Å². The first-order chi connectivity index (χ1) is 8.27. The van der Waals surface area contributed by atoms with Crippen LogP contribution in [0, 0.1) is 18.3 Å². The predicted octanol–water partition coefficient (Wildman–Crippen LogP) is 1.55. The van der Waals surface area contributed by atoms with E-state index in [1.165, 1.54) is 13.2 Å². The van der Waals surface area contributed by atoms with Crippen LogP contribution in [0.3, 0.4) is 0 Å². The summed E-state index contributed by atoms with van der Waals surface area (Å²) in [6, 6.07) is 1.92. The van der Waals surface area contributed by atoms with Gasteiger partial charge in [0.25, 0.3) is 0 Å². The van der Waals surface area contributed by atoms with Crippen LogP contribution in [-0.4, -0.2) is 29.4 Å². The smallest absolute Gasteiger partial charge is 0.197 e. The van der Waals surface area contributed by atoms with Crippen molar-refractivity contribution >= 4 is 11.8 Å². The van der Waals surface area contributed by atoms with Crippen molar-refractivity contribution in [1.82, 2.24) is 15.3 Å². The molecule has 0 aliphatic heterocycles. The molecule has 0 radical (unpaired) electrons. The summed E-state index contributed by atoms with van der Waals surface area (Å²) in [6.45, 7) is 2.75. The van der Waals surface area contributed by atoms with Gasteiger partial charge < -0.3 is 15.0 Å². The fourth-order valence-corrected chi connectivity index (χ4v) is 2.08. The minimum absolute atomic E-state index is 0.505. The van der Waals surface area contributed by atoms with E-state index in [1.54, 1.807) is 18.1 Å². The number of nitrogens with zero attached hydrogens (tertiary/aromatic N) is 2. The Morgan fingerprint density at radius 2 is 2.59 bits per heavy atom. The Hall–Kier alpha value is -1.61. The fourth-order valence-electron chi connectivity index (χ4n) is 1.20. The number of aryl methyl sites for hydroxylation is 1. The number of thioether (sulfide) groups is 1. The molecule has 2 N–H and O–H groups in total. The molecule has 1 rings (SSSR count). The molecule has 0 amide bonds. The van der Waals surface area contributed by atoms with Gasteiger partial charge >= 0.3 is 0 Å². The number of hydrogen-bond donors (Lipinski definition) is 2. The minimum atomic E-state index is 0.505. The molecule has 0 saturated heterocycles. The summed E-state index contributed by atoms with van der Waals surface area (Å²) in [5, 5.41) is 11.5. The summed E-state index contributed by atoms with van der Waals surface area (Å²) in [7, 11) is 1.54. The number of H-pyrrole nitrogens is 1. The van der Waals surface area contributed by atoms with Gasteiger partial charge in [0.1, 0.15) is 0 Å².